The first-order valence-electron chi connectivity index (χ1n) is 8.99. The predicted octanol–water partition coefficient (Wildman–Crippen LogP) is 2.98. The van der Waals surface area contributed by atoms with Gasteiger partial charge in [-0.15, -0.1) is 0 Å². The molecule has 2 aromatic heterocycles. The summed E-state index contributed by atoms with van der Waals surface area (Å²) in [6.07, 6.45) is 3.76. The molecule has 1 aromatic carbocycles. The average Bonchev–Trinajstić information content (AvgIpc) is 3.34. The van der Waals surface area contributed by atoms with Gasteiger partial charge in [-0.25, -0.2) is 9.48 Å². The molecule has 2 heterocycles. The monoisotopic (exact) mass is 380 g/mol. The van der Waals surface area contributed by atoms with Crippen LogP contribution >= 0.6 is 0 Å². The number of para-hydroxylation sites is 1. The van der Waals surface area contributed by atoms with Crippen molar-refractivity contribution in [1.29, 1.82) is 0 Å². The first kappa shape index (κ1) is 19.4. The van der Waals surface area contributed by atoms with E-state index in [0.717, 1.165) is 5.69 Å². The molecule has 0 aliphatic carbocycles. The van der Waals surface area contributed by atoms with Crippen LogP contribution in [0.1, 0.15) is 31.3 Å². The Morgan fingerprint density at radius 1 is 1.07 bits per heavy atom. The van der Waals surface area contributed by atoms with E-state index in [4.69, 9.17) is 4.74 Å². The lowest BCUT2D eigenvalue weighted by molar-refractivity contribution is -0.145. The molecule has 0 bridgehead atoms. The number of carbonyl (C=O) groups excluding carboxylic acids is 2. The maximum atomic E-state index is 12.9. The maximum Gasteiger partial charge on any atom is 0.328 e. The highest BCUT2D eigenvalue weighted by molar-refractivity contribution is 5.95. The van der Waals surface area contributed by atoms with Crippen LogP contribution in [0.4, 0.5) is 0 Å². The summed E-state index contributed by atoms with van der Waals surface area (Å²) < 4.78 is 8.42. The molecule has 0 radical (unpaired) electrons. The number of benzene rings is 1. The zero-order chi connectivity index (χ0) is 20.3. The van der Waals surface area contributed by atoms with Gasteiger partial charge in [0.1, 0.15) is 11.9 Å². The minimum atomic E-state index is -0.790. The third kappa shape index (κ3) is 3.98. The minimum Gasteiger partial charge on any atom is -0.467 e. The number of rotatable bonds is 5. The molecular formula is C21H24N4O3. The summed E-state index contributed by atoms with van der Waals surface area (Å²) in [6.45, 7) is 5.59. The molecule has 1 atom stereocenters. The molecule has 1 amide bonds. The number of nitrogens with one attached hydrogen (secondary N) is 1. The van der Waals surface area contributed by atoms with Crippen molar-refractivity contribution in [1.82, 2.24) is 19.7 Å². The van der Waals surface area contributed by atoms with Gasteiger partial charge in [-0.2, -0.15) is 5.10 Å². The third-order valence-electron chi connectivity index (χ3n) is 4.37. The van der Waals surface area contributed by atoms with E-state index in [9.17, 15) is 9.59 Å². The Balaban J connectivity index is 1.98. The van der Waals surface area contributed by atoms with Crippen LogP contribution in [0.25, 0.3) is 11.5 Å². The van der Waals surface area contributed by atoms with Gasteiger partial charge in [-0.05, 0) is 29.7 Å². The van der Waals surface area contributed by atoms with Crippen LogP contribution in [-0.4, -0.2) is 39.4 Å². The van der Waals surface area contributed by atoms with E-state index in [2.05, 4.69) is 10.4 Å². The molecule has 146 valence electrons. The summed E-state index contributed by atoms with van der Waals surface area (Å²) in [7, 11) is 1.31. The van der Waals surface area contributed by atoms with E-state index in [1.54, 1.807) is 10.7 Å². The normalized spacial score (nSPS) is 12.4. The second-order valence-electron chi connectivity index (χ2n) is 7.52. The second kappa shape index (κ2) is 7.72. The van der Waals surface area contributed by atoms with E-state index in [1.165, 1.54) is 7.11 Å². The van der Waals surface area contributed by atoms with Gasteiger partial charge in [0.25, 0.3) is 5.91 Å². The number of nitrogens with zero attached hydrogens (tertiary/aromatic N) is 3. The number of amides is 1. The lowest BCUT2D eigenvalue weighted by atomic mass is 9.86. The summed E-state index contributed by atoms with van der Waals surface area (Å²) in [6, 6.07) is 14.2. The van der Waals surface area contributed by atoms with Crippen LogP contribution in [-0.2, 0) is 9.53 Å². The van der Waals surface area contributed by atoms with Crippen molar-refractivity contribution >= 4 is 11.9 Å². The van der Waals surface area contributed by atoms with E-state index in [0.29, 0.717) is 5.82 Å². The fourth-order valence-electron chi connectivity index (χ4n) is 2.86. The lowest BCUT2D eigenvalue weighted by Crippen LogP contribution is -2.49. The number of aromatic nitrogens is 3. The first-order chi connectivity index (χ1) is 13.3. The summed E-state index contributed by atoms with van der Waals surface area (Å²) in [4.78, 5) is 25.0. The Hall–Kier alpha value is -3.35. The maximum absolute atomic E-state index is 12.9. The Bertz CT molecular complexity index is 953. The van der Waals surface area contributed by atoms with Crippen molar-refractivity contribution in [2.75, 3.05) is 7.11 Å². The molecule has 0 saturated heterocycles. The third-order valence-corrected chi connectivity index (χ3v) is 4.37. The largest absolute Gasteiger partial charge is 0.467 e. The number of ether oxygens (including phenoxy) is 1. The van der Waals surface area contributed by atoms with Crippen molar-refractivity contribution in [2.45, 2.75) is 26.8 Å². The fourth-order valence-corrected chi connectivity index (χ4v) is 2.86. The van der Waals surface area contributed by atoms with E-state index in [1.807, 2.05) is 80.2 Å². The zero-order valence-electron chi connectivity index (χ0n) is 16.4. The predicted molar refractivity (Wildman–Crippen MR) is 106 cm³/mol. The standard InChI is InChI=1S/C21H24N4O3/c1-21(2,3)18(20(27)28-4)22-19(26)16-14-17(24-12-8-9-13-24)25(23-16)15-10-6-5-7-11-15/h5-14,18H,1-4H3,(H,22,26)/t18-/m1/s1. The molecule has 1 N–H and O–H groups in total. The highest BCUT2D eigenvalue weighted by Gasteiger charge is 2.34. The molecule has 7 heteroatoms. The van der Waals surface area contributed by atoms with E-state index in [-0.39, 0.29) is 5.69 Å². The number of hydrogen-bond donors (Lipinski definition) is 1. The summed E-state index contributed by atoms with van der Waals surface area (Å²) >= 11 is 0. The smallest absolute Gasteiger partial charge is 0.328 e. The number of carbonyl (C=O) groups is 2. The fraction of sp³-hybridized carbons (Fsp3) is 0.286. The Morgan fingerprint density at radius 3 is 2.29 bits per heavy atom. The zero-order valence-corrected chi connectivity index (χ0v) is 16.4. The van der Waals surface area contributed by atoms with Gasteiger partial charge in [-0.1, -0.05) is 39.0 Å². The molecule has 0 aliphatic heterocycles. The Morgan fingerprint density at radius 2 is 1.71 bits per heavy atom. The SMILES string of the molecule is COC(=O)[C@@H](NC(=O)c1cc(-n2cccc2)n(-c2ccccc2)n1)C(C)(C)C. The summed E-state index contributed by atoms with van der Waals surface area (Å²) in [5.41, 5.74) is 0.532. The molecule has 0 saturated carbocycles. The highest BCUT2D eigenvalue weighted by atomic mass is 16.5. The molecule has 0 fully saturated rings. The summed E-state index contributed by atoms with van der Waals surface area (Å²) in [5.74, 6) is -0.214. The molecule has 3 aromatic rings. The van der Waals surface area contributed by atoms with Crippen LogP contribution in [0.5, 0.6) is 0 Å². The van der Waals surface area contributed by atoms with Gasteiger partial charge in [0.15, 0.2) is 5.69 Å². The Kier molecular flexibility index (Phi) is 5.35. The van der Waals surface area contributed by atoms with Crippen molar-refractivity contribution in [2.24, 2.45) is 5.41 Å². The van der Waals surface area contributed by atoms with Crippen LogP contribution in [0.15, 0.2) is 60.9 Å². The molecule has 0 unspecified atom stereocenters. The average molecular weight is 380 g/mol. The molecular weight excluding hydrogens is 356 g/mol. The minimum absolute atomic E-state index is 0.214. The molecule has 0 spiro atoms. The van der Waals surface area contributed by atoms with Crippen molar-refractivity contribution in [3.05, 3.63) is 66.6 Å². The number of methoxy groups -OCH3 is 1. The molecule has 0 aliphatic rings. The van der Waals surface area contributed by atoms with Gasteiger partial charge in [0.05, 0.1) is 12.8 Å². The van der Waals surface area contributed by atoms with Gasteiger partial charge in [-0.3, -0.25) is 4.79 Å². The highest BCUT2D eigenvalue weighted by Crippen LogP contribution is 2.22. The molecule has 7 nitrogen and oxygen atoms in total. The number of hydrogen-bond acceptors (Lipinski definition) is 4. The lowest BCUT2D eigenvalue weighted by Gasteiger charge is -2.28. The van der Waals surface area contributed by atoms with E-state index < -0.39 is 23.3 Å². The number of esters is 1. The first-order valence-corrected chi connectivity index (χ1v) is 8.99. The quantitative estimate of drug-likeness (QED) is 0.690. The van der Waals surface area contributed by atoms with Crippen LogP contribution in [0.2, 0.25) is 0 Å². The van der Waals surface area contributed by atoms with Gasteiger partial charge < -0.3 is 14.6 Å². The molecule has 3 rings (SSSR count). The topological polar surface area (TPSA) is 78.1 Å². The van der Waals surface area contributed by atoms with Crippen LogP contribution in [0.3, 0.4) is 0 Å². The second-order valence-corrected chi connectivity index (χ2v) is 7.52. The van der Waals surface area contributed by atoms with Crippen molar-refractivity contribution in [3.63, 3.8) is 0 Å². The molecule has 28 heavy (non-hydrogen) atoms. The van der Waals surface area contributed by atoms with E-state index >= 15 is 0 Å². The Labute approximate surface area is 163 Å². The van der Waals surface area contributed by atoms with Crippen LogP contribution < -0.4 is 5.32 Å². The van der Waals surface area contributed by atoms with Crippen molar-refractivity contribution < 1.29 is 14.3 Å². The summed E-state index contributed by atoms with van der Waals surface area (Å²) in [5, 5.41) is 7.25. The van der Waals surface area contributed by atoms with Crippen molar-refractivity contribution in [3.8, 4) is 11.5 Å². The van der Waals surface area contributed by atoms with Gasteiger partial charge >= 0.3 is 5.97 Å². The van der Waals surface area contributed by atoms with Crippen LogP contribution in [0, 0.1) is 5.41 Å². The van der Waals surface area contributed by atoms with Gasteiger partial charge in [0, 0.05) is 18.5 Å². The van der Waals surface area contributed by atoms with Gasteiger partial charge in [0.2, 0.25) is 0 Å².